The van der Waals surface area contributed by atoms with Gasteiger partial charge in [-0.25, -0.2) is 0 Å². The lowest BCUT2D eigenvalue weighted by Crippen LogP contribution is -2.29. The maximum absolute atomic E-state index is 10.9. The zero-order valence-electron chi connectivity index (χ0n) is 7.88. The third-order valence-electron chi connectivity index (χ3n) is 3.11. The number of rotatable bonds is 3. The van der Waals surface area contributed by atoms with Gasteiger partial charge in [0.2, 0.25) is 5.91 Å². The molecule has 5 heteroatoms. The van der Waals surface area contributed by atoms with Crippen molar-refractivity contribution in [2.75, 3.05) is 19.6 Å². The number of nitrogens with two attached hydrogens (primary N) is 1. The Hall–Kier alpha value is 0.01000. The first-order chi connectivity index (χ1) is 6.49. The van der Waals surface area contributed by atoms with Crippen LogP contribution in [0.2, 0.25) is 0 Å². The number of carbonyl (C=O) groups is 1. The van der Waals surface area contributed by atoms with Gasteiger partial charge in [-0.3, -0.25) is 4.79 Å². The van der Waals surface area contributed by atoms with E-state index in [0.717, 1.165) is 32.5 Å². The van der Waals surface area contributed by atoms with E-state index in [-0.39, 0.29) is 11.8 Å². The van der Waals surface area contributed by atoms with E-state index in [9.17, 15) is 4.79 Å². The highest BCUT2D eigenvalue weighted by molar-refractivity contribution is 6.50. The summed E-state index contributed by atoms with van der Waals surface area (Å²) in [5, 5.41) is 0. The smallest absolute Gasteiger partial charge is 0.221 e. The average Bonchev–Trinajstić information content (AvgIpc) is 2.51. The molecule has 0 bridgehead atoms. The Balaban J connectivity index is 1.77. The second-order valence-corrected chi connectivity index (χ2v) is 5.85. The third kappa shape index (κ3) is 2.15. The van der Waals surface area contributed by atoms with Gasteiger partial charge in [0, 0.05) is 19.0 Å². The van der Waals surface area contributed by atoms with E-state index >= 15 is 0 Å². The Labute approximate surface area is 93.5 Å². The quantitative estimate of drug-likeness (QED) is 0.744. The summed E-state index contributed by atoms with van der Waals surface area (Å²) < 4.78 is -0.509. The molecule has 0 radical (unpaired) electrons. The first-order valence-electron chi connectivity index (χ1n) is 4.88. The van der Waals surface area contributed by atoms with Crippen LogP contribution >= 0.6 is 23.2 Å². The van der Waals surface area contributed by atoms with Gasteiger partial charge in [0.15, 0.2) is 0 Å². The van der Waals surface area contributed by atoms with Gasteiger partial charge in [-0.1, -0.05) is 0 Å². The zero-order valence-corrected chi connectivity index (χ0v) is 9.39. The third-order valence-corrected chi connectivity index (χ3v) is 4.03. The molecule has 0 aromatic carbocycles. The number of carbonyl (C=O) groups excluding carboxylic acids is 1. The average molecular weight is 237 g/mol. The van der Waals surface area contributed by atoms with Crippen molar-refractivity contribution >= 4 is 29.1 Å². The van der Waals surface area contributed by atoms with E-state index in [1.54, 1.807) is 0 Å². The molecular weight excluding hydrogens is 223 g/mol. The first-order valence-corrected chi connectivity index (χ1v) is 5.64. The van der Waals surface area contributed by atoms with Crippen LogP contribution in [0.1, 0.15) is 12.8 Å². The van der Waals surface area contributed by atoms with E-state index in [1.807, 2.05) is 0 Å². The molecule has 2 fully saturated rings. The number of amides is 1. The highest BCUT2D eigenvalue weighted by Gasteiger charge is 2.52. The molecule has 1 heterocycles. The monoisotopic (exact) mass is 236 g/mol. The van der Waals surface area contributed by atoms with Gasteiger partial charge in [-0.15, -0.1) is 23.2 Å². The van der Waals surface area contributed by atoms with Crippen molar-refractivity contribution < 1.29 is 4.79 Å². The first kappa shape index (κ1) is 10.5. The van der Waals surface area contributed by atoms with Crippen molar-refractivity contribution in [1.29, 1.82) is 0 Å². The Morgan fingerprint density at radius 3 is 2.64 bits per heavy atom. The van der Waals surface area contributed by atoms with Crippen molar-refractivity contribution in [2.24, 2.45) is 17.6 Å². The fourth-order valence-electron chi connectivity index (χ4n) is 2.01. The topological polar surface area (TPSA) is 46.3 Å². The second kappa shape index (κ2) is 3.54. The molecule has 80 valence electrons. The Morgan fingerprint density at radius 2 is 2.21 bits per heavy atom. The van der Waals surface area contributed by atoms with Crippen LogP contribution in [-0.2, 0) is 4.79 Å². The SMILES string of the molecule is NC(=O)C1CCN(CC2CC2(Cl)Cl)C1. The fraction of sp³-hybridized carbons (Fsp3) is 0.889. The summed E-state index contributed by atoms with van der Waals surface area (Å²) in [6.07, 6.45) is 1.74. The summed E-state index contributed by atoms with van der Waals surface area (Å²) in [5.41, 5.74) is 5.24. The van der Waals surface area contributed by atoms with E-state index in [4.69, 9.17) is 28.9 Å². The Bertz CT molecular complexity index is 257. The molecule has 2 rings (SSSR count). The van der Waals surface area contributed by atoms with Crippen LogP contribution < -0.4 is 5.73 Å². The minimum absolute atomic E-state index is 0.0220. The van der Waals surface area contributed by atoms with E-state index < -0.39 is 4.33 Å². The normalized spacial score (nSPS) is 35.9. The van der Waals surface area contributed by atoms with Crippen LogP contribution in [0.3, 0.4) is 0 Å². The summed E-state index contributed by atoms with van der Waals surface area (Å²) in [6.45, 7) is 2.61. The number of alkyl halides is 2. The Kier molecular flexibility index (Phi) is 2.66. The molecule has 1 amide bonds. The zero-order chi connectivity index (χ0) is 10.3. The van der Waals surface area contributed by atoms with Crippen LogP contribution in [0.25, 0.3) is 0 Å². The highest BCUT2D eigenvalue weighted by atomic mass is 35.5. The maximum Gasteiger partial charge on any atom is 0.221 e. The van der Waals surface area contributed by atoms with E-state index in [0.29, 0.717) is 5.92 Å². The molecule has 0 aromatic rings. The summed E-state index contributed by atoms with van der Waals surface area (Å²) in [7, 11) is 0. The summed E-state index contributed by atoms with van der Waals surface area (Å²) in [5.74, 6) is 0.206. The van der Waals surface area contributed by atoms with Gasteiger partial charge in [0.25, 0.3) is 0 Å². The molecule has 1 saturated heterocycles. The van der Waals surface area contributed by atoms with E-state index in [1.165, 1.54) is 0 Å². The lowest BCUT2D eigenvalue weighted by Gasteiger charge is -2.14. The van der Waals surface area contributed by atoms with Gasteiger partial charge in [0.05, 0.1) is 5.92 Å². The molecule has 1 aliphatic carbocycles. The van der Waals surface area contributed by atoms with Crippen LogP contribution in [-0.4, -0.2) is 34.8 Å². The highest BCUT2D eigenvalue weighted by Crippen LogP contribution is 2.53. The molecule has 2 N–H and O–H groups in total. The number of hydrogen-bond donors (Lipinski definition) is 1. The summed E-state index contributed by atoms with van der Waals surface area (Å²) >= 11 is 11.9. The van der Waals surface area contributed by atoms with E-state index in [2.05, 4.69) is 4.90 Å². The molecule has 0 spiro atoms. The predicted molar refractivity (Wildman–Crippen MR) is 56.3 cm³/mol. The fourth-order valence-corrected chi connectivity index (χ4v) is 2.52. The molecule has 14 heavy (non-hydrogen) atoms. The molecule has 2 aliphatic rings. The summed E-state index contributed by atoms with van der Waals surface area (Å²) in [6, 6.07) is 0. The van der Waals surface area contributed by atoms with Crippen molar-refractivity contribution in [3.63, 3.8) is 0 Å². The minimum atomic E-state index is -0.509. The van der Waals surface area contributed by atoms with Gasteiger partial charge < -0.3 is 10.6 Å². The summed E-state index contributed by atoms with van der Waals surface area (Å²) in [4.78, 5) is 13.1. The van der Waals surface area contributed by atoms with Gasteiger partial charge in [-0.2, -0.15) is 0 Å². The van der Waals surface area contributed by atoms with Gasteiger partial charge in [-0.05, 0) is 19.4 Å². The molecule has 1 aliphatic heterocycles. The number of likely N-dealkylation sites (tertiary alicyclic amines) is 1. The molecular formula is C9H14Cl2N2O. The largest absolute Gasteiger partial charge is 0.369 e. The van der Waals surface area contributed by atoms with Crippen LogP contribution in [0.5, 0.6) is 0 Å². The van der Waals surface area contributed by atoms with Gasteiger partial charge >= 0.3 is 0 Å². The minimum Gasteiger partial charge on any atom is -0.369 e. The lowest BCUT2D eigenvalue weighted by atomic mass is 10.1. The number of primary amides is 1. The standard InChI is InChI=1S/C9H14Cl2N2O/c10-9(11)3-7(9)5-13-2-1-6(4-13)8(12)14/h6-7H,1-5H2,(H2,12,14). The van der Waals surface area contributed by atoms with Crippen LogP contribution in [0, 0.1) is 11.8 Å². The van der Waals surface area contributed by atoms with Crippen LogP contribution in [0.4, 0.5) is 0 Å². The molecule has 1 saturated carbocycles. The van der Waals surface area contributed by atoms with Crippen LogP contribution in [0.15, 0.2) is 0 Å². The van der Waals surface area contributed by atoms with Gasteiger partial charge in [0.1, 0.15) is 4.33 Å². The van der Waals surface area contributed by atoms with Crippen molar-refractivity contribution in [1.82, 2.24) is 4.90 Å². The predicted octanol–water partition coefficient (Wildman–Crippen LogP) is 0.987. The number of halogens is 2. The number of nitrogens with zero attached hydrogens (tertiary/aromatic N) is 1. The second-order valence-electron chi connectivity index (χ2n) is 4.31. The molecule has 0 aromatic heterocycles. The Morgan fingerprint density at radius 1 is 1.57 bits per heavy atom. The lowest BCUT2D eigenvalue weighted by molar-refractivity contribution is -0.121. The van der Waals surface area contributed by atoms with Crippen molar-refractivity contribution in [2.45, 2.75) is 17.2 Å². The van der Waals surface area contributed by atoms with Crippen molar-refractivity contribution in [3.05, 3.63) is 0 Å². The maximum atomic E-state index is 10.9. The molecule has 2 unspecified atom stereocenters. The van der Waals surface area contributed by atoms with Crippen molar-refractivity contribution in [3.8, 4) is 0 Å². The molecule has 3 nitrogen and oxygen atoms in total. The number of hydrogen-bond acceptors (Lipinski definition) is 2. The molecule has 2 atom stereocenters.